The Morgan fingerprint density at radius 2 is 2.12 bits per heavy atom. The van der Waals surface area contributed by atoms with E-state index in [0.717, 1.165) is 24.9 Å². The van der Waals surface area contributed by atoms with Gasteiger partial charge in [0.1, 0.15) is 17.4 Å². The Morgan fingerprint density at radius 3 is 2.71 bits per heavy atom. The third-order valence-corrected chi connectivity index (χ3v) is 4.57. The molecule has 0 unspecified atom stereocenters. The number of nitrogens with zero attached hydrogens (tertiary/aromatic N) is 1. The highest BCUT2D eigenvalue weighted by Crippen LogP contribution is 2.32. The molecule has 122 valence electrons. The number of benzene rings is 2. The number of hydrogen-bond donors (Lipinski definition) is 1. The lowest BCUT2D eigenvalue weighted by molar-refractivity contribution is -0.112. The summed E-state index contributed by atoms with van der Waals surface area (Å²) in [7, 11) is 1.59. The summed E-state index contributed by atoms with van der Waals surface area (Å²) in [6, 6.07) is 13.0. The van der Waals surface area contributed by atoms with E-state index in [1.54, 1.807) is 25.3 Å². The van der Waals surface area contributed by atoms with Crippen LogP contribution in [-0.2, 0) is 4.79 Å². The average molecular weight is 497 g/mol. The lowest BCUT2D eigenvalue weighted by Gasteiger charge is -2.08. The van der Waals surface area contributed by atoms with E-state index in [-0.39, 0.29) is 5.57 Å². The van der Waals surface area contributed by atoms with Crippen LogP contribution in [0.5, 0.6) is 5.75 Å². The number of nitriles is 1. The molecule has 2 aromatic carbocycles. The van der Waals surface area contributed by atoms with Gasteiger partial charge >= 0.3 is 0 Å². The van der Waals surface area contributed by atoms with E-state index in [2.05, 4.69) is 43.8 Å². The van der Waals surface area contributed by atoms with Crippen molar-refractivity contribution in [3.63, 3.8) is 0 Å². The first-order valence-electron chi connectivity index (χ1n) is 6.97. The summed E-state index contributed by atoms with van der Waals surface area (Å²) in [5.41, 5.74) is 2.46. The molecule has 2 rings (SSSR count). The van der Waals surface area contributed by atoms with Gasteiger partial charge in [0, 0.05) is 5.69 Å². The molecule has 1 N–H and O–H groups in total. The number of nitrogens with one attached hydrogen (secondary N) is 1. The Balaban J connectivity index is 2.29. The van der Waals surface area contributed by atoms with Gasteiger partial charge in [0.05, 0.1) is 15.2 Å². The topological polar surface area (TPSA) is 62.1 Å². The summed E-state index contributed by atoms with van der Waals surface area (Å²) >= 11 is 5.57. The van der Waals surface area contributed by atoms with Crippen LogP contribution in [-0.4, -0.2) is 13.0 Å². The molecule has 24 heavy (non-hydrogen) atoms. The zero-order chi connectivity index (χ0) is 17.7. The van der Waals surface area contributed by atoms with Crippen molar-refractivity contribution >= 4 is 56.2 Å². The first-order valence-corrected chi connectivity index (χ1v) is 8.84. The van der Waals surface area contributed by atoms with Crippen molar-refractivity contribution in [3.05, 3.63) is 61.1 Å². The van der Waals surface area contributed by atoms with Crippen molar-refractivity contribution in [2.24, 2.45) is 0 Å². The highest BCUT2D eigenvalue weighted by molar-refractivity contribution is 14.1. The number of ether oxygens (including phenoxy) is 1. The molecule has 0 radical (unpaired) electrons. The van der Waals surface area contributed by atoms with E-state index in [9.17, 15) is 10.1 Å². The van der Waals surface area contributed by atoms with Crippen molar-refractivity contribution in [2.75, 3.05) is 12.4 Å². The van der Waals surface area contributed by atoms with Gasteiger partial charge in [0.2, 0.25) is 0 Å². The number of hydrogen-bond acceptors (Lipinski definition) is 3. The van der Waals surface area contributed by atoms with E-state index in [1.807, 2.05) is 37.3 Å². The number of halogens is 2. The van der Waals surface area contributed by atoms with Gasteiger partial charge in [0.15, 0.2) is 0 Å². The van der Waals surface area contributed by atoms with Crippen LogP contribution in [0, 0.1) is 21.8 Å². The molecule has 0 fully saturated rings. The Morgan fingerprint density at radius 1 is 1.38 bits per heavy atom. The second-order valence-electron chi connectivity index (χ2n) is 5.01. The van der Waals surface area contributed by atoms with Gasteiger partial charge in [-0.1, -0.05) is 12.1 Å². The second kappa shape index (κ2) is 8.31. The van der Waals surface area contributed by atoms with Crippen LogP contribution in [0.2, 0.25) is 0 Å². The SMILES string of the molecule is COc1c(Br)cc(/C=C(/C#N)C(=O)Nc2cccc(C)c2)cc1I. The number of methoxy groups -OCH3 is 1. The molecule has 0 bridgehead atoms. The van der Waals surface area contributed by atoms with Gasteiger partial charge in [0.25, 0.3) is 5.91 Å². The number of rotatable bonds is 4. The van der Waals surface area contributed by atoms with Gasteiger partial charge in [-0.25, -0.2) is 0 Å². The van der Waals surface area contributed by atoms with E-state index in [4.69, 9.17) is 4.74 Å². The molecule has 0 aliphatic carbocycles. The predicted octanol–water partition coefficient (Wildman–Crippen LogP) is 4.92. The minimum atomic E-state index is -0.440. The number of aryl methyl sites for hydroxylation is 1. The van der Waals surface area contributed by atoms with E-state index in [1.165, 1.54) is 0 Å². The monoisotopic (exact) mass is 496 g/mol. The van der Waals surface area contributed by atoms with Gasteiger partial charge in [-0.2, -0.15) is 5.26 Å². The molecule has 1 amide bonds. The Kier molecular flexibility index (Phi) is 6.40. The third kappa shape index (κ3) is 4.58. The minimum Gasteiger partial charge on any atom is -0.494 e. The maximum absolute atomic E-state index is 12.3. The number of carbonyl (C=O) groups is 1. The van der Waals surface area contributed by atoms with Crippen molar-refractivity contribution < 1.29 is 9.53 Å². The standard InChI is InChI=1S/C18H14BrIN2O2/c1-11-4-3-5-14(6-11)22-18(23)13(10-21)7-12-8-15(19)17(24-2)16(20)9-12/h3-9H,1-2H3,(H,22,23)/b13-7-. The maximum atomic E-state index is 12.3. The van der Waals surface area contributed by atoms with Crippen LogP contribution in [0.1, 0.15) is 11.1 Å². The van der Waals surface area contributed by atoms with E-state index < -0.39 is 5.91 Å². The fraction of sp³-hybridized carbons (Fsp3) is 0.111. The molecule has 6 heteroatoms. The van der Waals surface area contributed by atoms with E-state index >= 15 is 0 Å². The maximum Gasteiger partial charge on any atom is 0.266 e. The fourth-order valence-electron chi connectivity index (χ4n) is 2.09. The smallest absolute Gasteiger partial charge is 0.266 e. The molecule has 0 aliphatic heterocycles. The van der Waals surface area contributed by atoms with Crippen molar-refractivity contribution in [3.8, 4) is 11.8 Å². The van der Waals surface area contributed by atoms with Gasteiger partial charge in [-0.15, -0.1) is 0 Å². The molecule has 0 aliphatic rings. The first kappa shape index (κ1) is 18.5. The minimum absolute atomic E-state index is 0.0318. The largest absolute Gasteiger partial charge is 0.494 e. The predicted molar refractivity (Wildman–Crippen MR) is 107 cm³/mol. The molecular weight excluding hydrogens is 483 g/mol. The number of anilines is 1. The van der Waals surface area contributed by atoms with Crippen LogP contribution in [0.25, 0.3) is 6.08 Å². The van der Waals surface area contributed by atoms with Crippen LogP contribution in [0.3, 0.4) is 0 Å². The van der Waals surface area contributed by atoms with Crippen LogP contribution >= 0.6 is 38.5 Å². The van der Waals surface area contributed by atoms with Gasteiger partial charge in [-0.05, 0) is 86.9 Å². The molecule has 0 saturated heterocycles. The number of amides is 1. The normalized spacial score (nSPS) is 10.9. The Labute approximate surface area is 162 Å². The molecule has 0 aromatic heterocycles. The average Bonchev–Trinajstić information content (AvgIpc) is 2.52. The highest BCUT2D eigenvalue weighted by Gasteiger charge is 2.12. The molecule has 2 aromatic rings. The van der Waals surface area contributed by atoms with Gasteiger partial charge < -0.3 is 10.1 Å². The quantitative estimate of drug-likeness (QED) is 0.371. The zero-order valence-corrected chi connectivity index (χ0v) is 16.8. The molecule has 0 spiro atoms. The summed E-state index contributed by atoms with van der Waals surface area (Å²) in [6.45, 7) is 1.94. The Bertz CT molecular complexity index is 833. The molecular formula is C18H14BrIN2O2. The molecule has 4 nitrogen and oxygen atoms in total. The molecule has 0 saturated carbocycles. The molecule has 0 heterocycles. The lowest BCUT2D eigenvalue weighted by atomic mass is 10.1. The van der Waals surface area contributed by atoms with E-state index in [0.29, 0.717) is 5.69 Å². The third-order valence-electron chi connectivity index (χ3n) is 3.18. The zero-order valence-electron chi connectivity index (χ0n) is 13.1. The number of carbonyl (C=O) groups excluding carboxylic acids is 1. The molecule has 0 atom stereocenters. The summed E-state index contributed by atoms with van der Waals surface area (Å²) in [4.78, 5) is 12.3. The van der Waals surface area contributed by atoms with Crippen LogP contribution in [0.4, 0.5) is 5.69 Å². The summed E-state index contributed by atoms with van der Waals surface area (Å²) in [5.74, 6) is 0.278. The van der Waals surface area contributed by atoms with Crippen LogP contribution in [0.15, 0.2) is 46.4 Å². The highest BCUT2D eigenvalue weighted by atomic mass is 127. The van der Waals surface area contributed by atoms with Crippen molar-refractivity contribution in [2.45, 2.75) is 6.92 Å². The summed E-state index contributed by atoms with van der Waals surface area (Å²) in [5, 5.41) is 12.1. The van der Waals surface area contributed by atoms with Crippen molar-refractivity contribution in [1.29, 1.82) is 5.26 Å². The summed E-state index contributed by atoms with van der Waals surface area (Å²) < 4.78 is 6.93. The van der Waals surface area contributed by atoms with Crippen LogP contribution < -0.4 is 10.1 Å². The second-order valence-corrected chi connectivity index (χ2v) is 7.03. The first-order chi connectivity index (χ1) is 11.4. The van der Waals surface area contributed by atoms with Gasteiger partial charge in [-0.3, -0.25) is 4.79 Å². The fourth-order valence-corrected chi connectivity index (χ4v) is 3.98. The summed E-state index contributed by atoms with van der Waals surface area (Å²) in [6.07, 6.45) is 1.55. The lowest BCUT2D eigenvalue weighted by Crippen LogP contribution is -2.13. The Hall–Kier alpha value is -1.85. The van der Waals surface area contributed by atoms with Crippen molar-refractivity contribution in [1.82, 2.24) is 0 Å².